The fourth-order valence-electron chi connectivity index (χ4n) is 2.65. The van der Waals surface area contributed by atoms with Gasteiger partial charge in [-0.1, -0.05) is 19.3 Å². The molecule has 1 aliphatic rings. The van der Waals surface area contributed by atoms with Gasteiger partial charge in [-0.15, -0.1) is 5.10 Å². The average Bonchev–Trinajstić information content (AvgIpc) is 2.45. The summed E-state index contributed by atoms with van der Waals surface area (Å²) in [6, 6.07) is 4.68. The van der Waals surface area contributed by atoms with E-state index in [-0.39, 0.29) is 0 Å². The molecule has 0 saturated heterocycles. The Kier molecular flexibility index (Phi) is 5.39. The molecular weight excluding hydrogens is 224 g/mol. The van der Waals surface area contributed by atoms with E-state index in [9.17, 15) is 0 Å². The Labute approximate surface area is 110 Å². The van der Waals surface area contributed by atoms with Crippen LogP contribution in [-0.2, 0) is 0 Å². The second-order valence-electron chi connectivity index (χ2n) is 5.16. The van der Waals surface area contributed by atoms with Gasteiger partial charge >= 0.3 is 0 Å². The predicted molar refractivity (Wildman–Crippen MR) is 74.6 cm³/mol. The minimum Gasteiger partial charge on any atom is -0.369 e. The second-order valence-corrected chi connectivity index (χ2v) is 5.16. The Morgan fingerprint density at radius 2 is 2.17 bits per heavy atom. The molecule has 0 radical (unpaired) electrons. The normalized spacial score (nSPS) is 17.0. The van der Waals surface area contributed by atoms with Gasteiger partial charge in [-0.3, -0.25) is 0 Å². The molecule has 1 aromatic rings. The molecule has 0 atom stereocenters. The van der Waals surface area contributed by atoms with Crippen LogP contribution in [0.3, 0.4) is 0 Å². The Morgan fingerprint density at radius 1 is 1.33 bits per heavy atom. The Hall–Kier alpha value is -1.16. The first kappa shape index (κ1) is 13.3. The number of anilines is 1. The van der Waals surface area contributed by atoms with E-state index in [2.05, 4.69) is 27.5 Å². The summed E-state index contributed by atoms with van der Waals surface area (Å²) in [6.07, 6.45) is 9.87. The van der Waals surface area contributed by atoms with Crippen molar-refractivity contribution in [2.45, 2.75) is 44.6 Å². The lowest BCUT2D eigenvalue weighted by atomic mass is 9.94. The first-order chi connectivity index (χ1) is 8.86. The number of nitrogens with zero attached hydrogens (tertiary/aromatic N) is 3. The summed E-state index contributed by atoms with van der Waals surface area (Å²) >= 11 is 0. The molecule has 0 amide bonds. The van der Waals surface area contributed by atoms with Gasteiger partial charge in [0.2, 0.25) is 0 Å². The Bertz CT molecular complexity index is 322. The van der Waals surface area contributed by atoms with Gasteiger partial charge in [-0.2, -0.15) is 5.10 Å². The smallest absolute Gasteiger partial charge is 0.148 e. The topological polar surface area (TPSA) is 41.0 Å². The van der Waals surface area contributed by atoms with Gasteiger partial charge < -0.3 is 10.2 Å². The fraction of sp³-hybridized carbons (Fsp3) is 0.714. The molecule has 1 aliphatic carbocycles. The van der Waals surface area contributed by atoms with Crippen LogP contribution >= 0.6 is 0 Å². The molecule has 0 spiro atoms. The summed E-state index contributed by atoms with van der Waals surface area (Å²) < 4.78 is 0. The van der Waals surface area contributed by atoms with E-state index < -0.39 is 0 Å². The molecule has 1 saturated carbocycles. The van der Waals surface area contributed by atoms with Crippen LogP contribution in [0.4, 0.5) is 5.82 Å². The lowest BCUT2D eigenvalue weighted by Crippen LogP contribution is -2.34. The van der Waals surface area contributed by atoms with Gasteiger partial charge in [0.05, 0.1) is 0 Å². The summed E-state index contributed by atoms with van der Waals surface area (Å²) in [5, 5.41) is 11.2. The van der Waals surface area contributed by atoms with Crippen LogP contribution < -0.4 is 5.32 Å². The van der Waals surface area contributed by atoms with Crippen LogP contribution in [0.2, 0.25) is 0 Å². The maximum atomic E-state index is 4.01. The van der Waals surface area contributed by atoms with Crippen LogP contribution in [0, 0.1) is 0 Å². The largest absolute Gasteiger partial charge is 0.369 e. The standard InChI is InChI=1S/C14H24N4/c1-18(13-7-3-2-4-8-13)12-6-10-15-14-9-5-11-16-17-14/h5,9,11,13H,2-4,6-8,10,12H2,1H3,(H,15,17). The third-order valence-corrected chi connectivity index (χ3v) is 3.76. The van der Waals surface area contributed by atoms with Crippen LogP contribution in [-0.4, -0.2) is 41.3 Å². The summed E-state index contributed by atoms with van der Waals surface area (Å²) in [5.74, 6) is 0.873. The van der Waals surface area contributed by atoms with Crippen molar-refractivity contribution >= 4 is 5.82 Å². The molecule has 0 aromatic carbocycles. The fourth-order valence-corrected chi connectivity index (χ4v) is 2.65. The van der Waals surface area contributed by atoms with Crippen molar-refractivity contribution in [3.05, 3.63) is 18.3 Å². The van der Waals surface area contributed by atoms with Gasteiger partial charge in [0.1, 0.15) is 5.82 Å². The van der Waals surface area contributed by atoms with Gasteiger partial charge in [0.25, 0.3) is 0 Å². The SMILES string of the molecule is CN(CCCNc1cccnn1)C1CCCCC1. The molecule has 1 N–H and O–H groups in total. The molecule has 0 unspecified atom stereocenters. The molecular formula is C14H24N4. The highest BCUT2D eigenvalue weighted by Crippen LogP contribution is 2.21. The van der Waals surface area contributed by atoms with E-state index in [1.165, 1.54) is 32.1 Å². The van der Waals surface area contributed by atoms with Crippen LogP contribution in [0.5, 0.6) is 0 Å². The highest BCUT2D eigenvalue weighted by atomic mass is 15.2. The predicted octanol–water partition coefficient (Wildman–Crippen LogP) is 2.54. The molecule has 1 heterocycles. The van der Waals surface area contributed by atoms with Crippen LogP contribution in [0.25, 0.3) is 0 Å². The first-order valence-corrected chi connectivity index (χ1v) is 7.08. The van der Waals surface area contributed by atoms with Crippen molar-refractivity contribution in [1.82, 2.24) is 15.1 Å². The molecule has 0 aliphatic heterocycles. The number of hydrogen-bond donors (Lipinski definition) is 1. The second kappa shape index (κ2) is 7.31. The maximum absolute atomic E-state index is 4.01. The molecule has 100 valence electrons. The lowest BCUT2D eigenvalue weighted by molar-refractivity contribution is 0.191. The average molecular weight is 248 g/mol. The van der Waals surface area contributed by atoms with Gasteiger partial charge in [-0.05, 0) is 45.0 Å². The van der Waals surface area contributed by atoms with Gasteiger partial charge in [-0.25, -0.2) is 0 Å². The zero-order valence-electron chi connectivity index (χ0n) is 11.3. The van der Waals surface area contributed by atoms with Crippen LogP contribution in [0.15, 0.2) is 18.3 Å². The van der Waals surface area contributed by atoms with Gasteiger partial charge in [0, 0.05) is 18.8 Å². The summed E-state index contributed by atoms with van der Waals surface area (Å²) in [4.78, 5) is 2.53. The molecule has 4 heteroatoms. The third-order valence-electron chi connectivity index (χ3n) is 3.76. The summed E-state index contributed by atoms with van der Waals surface area (Å²) in [5.41, 5.74) is 0. The number of aromatic nitrogens is 2. The number of rotatable bonds is 6. The lowest BCUT2D eigenvalue weighted by Gasteiger charge is -2.31. The van der Waals surface area contributed by atoms with Crippen molar-refractivity contribution in [3.8, 4) is 0 Å². The van der Waals surface area contributed by atoms with E-state index >= 15 is 0 Å². The molecule has 1 fully saturated rings. The van der Waals surface area contributed by atoms with Crippen molar-refractivity contribution in [1.29, 1.82) is 0 Å². The zero-order chi connectivity index (χ0) is 12.6. The third kappa shape index (κ3) is 4.26. The van der Waals surface area contributed by atoms with Crippen molar-refractivity contribution < 1.29 is 0 Å². The number of nitrogens with one attached hydrogen (secondary N) is 1. The Balaban J connectivity index is 1.60. The molecule has 18 heavy (non-hydrogen) atoms. The summed E-state index contributed by atoms with van der Waals surface area (Å²) in [6.45, 7) is 2.13. The minimum absolute atomic E-state index is 0.815. The van der Waals surface area contributed by atoms with E-state index in [4.69, 9.17) is 0 Å². The maximum Gasteiger partial charge on any atom is 0.148 e. The van der Waals surface area contributed by atoms with E-state index in [0.29, 0.717) is 0 Å². The zero-order valence-corrected chi connectivity index (χ0v) is 11.3. The number of hydrogen-bond acceptors (Lipinski definition) is 4. The highest BCUT2D eigenvalue weighted by Gasteiger charge is 2.16. The van der Waals surface area contributed by atoms with E-state index in [1.807, 2.05) is 12.1 Å². The Morgan fingerprint density at radius 3 is 2.89 bits per heavy atom. The van der Waals surface area contributed by atoms with Crippen molar-refractivity contribution in [2.75, 3.05) is 25.5 Å². The quantitative estimate of drug-likeness (QED) is 0.786. The molecule has 0 bridgehead atoms. The van der Waals surface area contributed by atoms with E-state index in [0.717, 1.165) is 31.4 Å². The summed E-state index contributed by atoms with van der Waals surface area (Å²) in [7, 11) is 2.26. The first-order valence-electron chi connectivity index (χ1n) is 7.08. The van der Waals surface area contributed by atoms with Crippen molar-refractivity contribution in [2.24, 2.45) is 0 Å². The molecule has 1 aromatic heterocycles. The monoisotopic (exact) mass is 248 g/mol. The minimum atomic E-state index is 0.815. The van der Waals surface area contributed by atoms with Crippen molar-refractivity contribution in [3.63, 3.8) is 0 Å². The molecule has 2 rings (SSSR count). The van der Waals surface area contributed by atoms with E-state index in [1.54, 1.807) is 6.20 Å². The highest BCUT2D eigenvalue weighted by molar-refractivity contribution is 5.30. The van der Waals surface area contributed by atoms with Crippen LogP contribution in [0.1, 0.15) is 38.5 Å². The van der Waals surface area contributed by atoms with Gasteiger partial charge in [0.15, 0.2) is 0 Å². The molecule has 4 nitrogen and oxygen atoms in total.